The van der Waals surface area contributed by atoms with Crippen LogP contribution in [0.2, 0.25) is 0 Å². The van der Waals surface area contributed by atoms with Crippen LogP contribution in [0, 0.1) is 11.3 Å². The molecule has 5 heteroatoms. The van der Waals surface area contributed by atoms with Gasteiger partial charge >= 0.3 is 5.97 Å². The van der Waals surface area contributed by atoms with E-state index in [0.717, 1.165) is 25.7 Å². The molecule has 0 unspecified atom stereocenters. The molecule has 1 amide bonds. The predicted octanol–water partition coefficient (Wildman–Crippen LogP) is 1.12. The molecule has 5 nitrogen and oxygen atoms in total. The summed E-state index contributed by atoms with van der Waals surface area (Å²) in [6, 6.07) is -0.805. The topological polar surface area (TPSA) is 92.4 Å². The van der Waals surface area contributed by atoms with E-state index in [9.17, 15) is 9.59 Å². The SMILES string of the molecule is CC[C@H](NC(=O)C1(CN)CCC(C)CC1)C(=O)O. The molecular weight excluding hydrogens is 232 g/mol. The van der Waals surface area contributed by atoms with Gasteiger partial charge in [0.05, 0.1) is 5.41 Å². The minimum absolute atomic E-state index is 0.189. The summed E-state index contributed by atoms with van der Waals surface area (Å²) in [6.45, 7) is 4.21. The van der Waals surface area contributed by atoms with Crippen LogP contribution in [0.1, 0.15) is 46.0 Å². The maximum atomic E-state index is 12.3. The maximum Gasteiger partial charge on any atom is 0.326 e. The monoisotopic (exact) mass is 256 g/mol. The Hall–Kier alpha value is -1.10. The number of nitrogens with two attached hydrogens (primary N) is 1. The number of hydrogen-bond acceptors (Lipinski definition) is 3. The van der Waals surface area contributed by atoms with Crippen molar-refractivity contribution in [3.8, 4) is 0 Å². The lowest BCUT2D eigenvalue weighted by atomic mass is 9.70. The quantitative estimate of drug-likeness (QED) is 0.687. The van der Waals surface area contributed by atoms with Crippen molar-refractivity contribution in [3.63, 3.8) is 0 Å². The molecule has 0 radical (unpaired) electrons. The van der Waals surface area contributed by atoms with E-state index in [1.165, 1.54) is 0 Å². The first-order valence-corrected chi connectivity index (χ1v) is 6.69. The standard InChI is InChI=1S/C13H24N2O3/c1-3-10(11(16)17)15-12(18)13(8-14)6-4-9(2)5-7-13/h9-10H,3-8,14H2,1-2H3,(H,15,18)(H,16,17)/t9?,10-,13?/m0/s1. The molecule has 1 aliphatic carbocycles. The summed E-state index contributed by atoms with van der Waals surface area (Å²) >= 11 is 0. The molecule has 1 saturated carbocycles. The number of carboxylic acids is 1. The van der Waals surface area contributed by atoms with Gasteiger partial charge in [-0.25, -0.2) is 4.79 Å². The van der Waals surface area contributed by atoms with Crippen molar-refractivity contribution < 1.29 is 14.7 Å². The molecule has 1 aliphatic rings. The molecule has 104 valence electrons. The molecule has 0 aromatic heterocycles. The first-order valence-electron chi connectivity index (χ1n) is 6.69. The molecule has 0 heterocycles. The van der Waals surface area contributed by atoms with Crippen LogP contribution in [-0.4, -0.2) is 29.6 Å². The average molecular weight is 256 g/mol. The Morgan fingerprint density at radius 1 is 1.44 bits per heavy atom. The van der Waals surface area contributed by atoms with Crippen LogP contribution >= 0.6 is 0 Å². The Morgan fingerprint density at radius 3 is 2.39 bits per heavy atom. The highest BCUT2D eigenvalue weighted by atomic mass is 16.4. The van der Waals surface area contributed by atoms with Gasteiger partial charge in [0.2, 0.25) is 5.91 Å². The molecule has 1 rings (SSSR count). The van der Waals surface area contributed by atoms with E-state index in [2.05, 4.69) is 12.2 Å². The summed E-state index contributed by atoms with van der Waals surface area (Å²) in [4.78, 5) is 23.2. The first kappa shape index (κ1) is 15.0. The van der Waals surface area contributed by atoms with Crippen molar-refractivity contribution in [1.82, 2.24) is 5.32 Å². The Balaban J connectivity index is 2.70. The van der Waals surface area contributed by atoms with Crippen molar-refractivity contribution >= 4 is 11.9 Å². The predicted molar refractivity (Wildman–Crippen MR) is 69.0 cm³/mol. The van der Waals surface area contributed by atoms with E-state index in [1.807, 2.05) is 0 Å². The van der Waals surface area contributed by atoms with Crippen molar-refractivity contribution in [3.05, 3.63) is 0 Å². The molecule has 0 aliphatic heterocycles. The van der Waals surface area contributed by atoms with Crippen molar-refractivity contribution in [2.24, 2.45) is 17.1 Å². The molecule has 0 bridgehead atoms. The molecular formula is C13H24N2O3. The fraction of sp³-hybridized carbons (Fsp3) is 0.846. The number of carbonyl (C=O) groups is 2. The van der Waals surface area contributed by atoms with Crippen LogP contribution in [0.3, 0.4) is 0 Å². The van der Waals surface area contributed by atoms with E-state index in [1.54, 1.807) is 6.92 Å². The van der Waals surface area contributed by atoms with Crippen LogP contribution in [0.4, 0.5) is 0 Å². The molecule has 4 N–H and O–H groups in total. The van der Waals surface area contributed by atoms with Crippen LogP contribution < -0.4 is 11.1 Å². The highest BCUT2D eigenvalue weighted by Crippen LogP contribution is 2.38. The van der Waals surface area contributed by atoms with Crippen molar-refractivity contribution in [1.29, 1.82) is 0 Å². The van der Waals surface area contributed by atoms with Crippen LogP contribution in [-0.2, 0) is 9.59 Å². The number of amides is 1. The Kier molecular flexibility index (Phi) is 5.14. The van der Waals surface area contributed by atoms with Gasteiger partial charge < -0.3 is 16.2 Å². The van der Waals surface area contributed by atoms with E-state index >= 15 is 0 Å². The molecule has 0 aromatic carbocycles. The van der Waals surface area contributed by atoms with E-state index < -0.39 is 17.4 Å². The second-order valence-electron chi connectivity index (χ2n) is 5.44. The highest BCUT2D eigenvalue weighted by Gasteiger charge is 2.40. The third-order valence-electron chi connectivity index (χ3n) is 4.12. The third-order valence-corrected chi connectivity index (χ3v) is 4.12. The lowest BCUT2D eigenvalue weighted by molar-refractivity contribution is -0.144. The molecule has 0 spiro atoms. The van der Waals surface area contributed by atoms with Gasteiger partial charge in [0.25, 0.3) is 0 Å². The minimum atomic E-state index is -0.984. The molecule has 18 heavy (non-hydrogen) atoms. The Bertz CT molecular complexity index is 309. The fourth-order valence-electron chi connectivity index (χ4n) is 2.49. The smallest absolute Gasteiger partial charge is 0.326 e. The van der Waals surface area contributed by atoms with E-state index in [4.69, 9.17) is 10.8 Å². The van der Waals surface area contributed by atoms with E-state index in [-0.39, 0.29) is 5.91 Å². The van der Waals surface area contributed by atoms with Crippen LogP contribution in [0.5, 0.6) is 0 Å². The minimum Gasteiger partial charge on any atom is -0.480 e. The van der Waals surface area contributed by atoms with Crippen LogP contribution in [0.25, 0.3) is 0 Å². The van der Waals surface area contributed by atoms with Gasteiger partial charge in [0, 0.05) is 6.54 Å². The number of carboxylic acid groups (broad SMARTS) is 1. The average Bonchev–Trinajstić information content (AvgIpc) is 2.36. The van der Waals surface area contributed by atoms with Crippen LogP contribution in [0.15, 0.2) is 0 Å². The second kappa shape index (κ2) is 6.18. The third kappa shape index (κ3) is 3.22. The summed E-state index contributed by atoms with van der Waals surface area (Å²) in [5, 5.41) is 11.6. The van der Waals surface area contributed by atoms with Gasteiger partial charge in [-0.15, -0.1) is 0 Å². The van der Waals surface area contributed by atoms with Gasteiger partial charge in [-0.1, -0.05) is 13.8 Å². The van der Waals surface area contributed by atoms with Gasteiger partial charge in [0.1, 0.15) is 6.04 Å². The zero-order valence-electron chi connectivity index (χ0n) is 11.2. The highest BCUT2D eigenvalue weighted by molar-refractivity contribution is 5.87. The van der Waals surface area contributed by atoms with Gasteiger partial charge in [-0.05, 0) is 38.0 Å². The summed E-state index contributed by atoms with van der Waals surface area (Å²) in [5.74, 6) is -0.549. The second-order valence-corrected chi connectivity index (χ2v) is 5.44. The lowest BCUT2D eigenvalue weighted by Crippen LogP contribution is -2.52. The molecule has 1 atom stereocenters. The largest absolute Gasteiger partial charge is 0.480 e. The first-order chi connectivity index (χ1) is 8.45. The summed E-state index contributed by atoms with van der Waals surface area (Å²) in [5.41, 5.74) is 5.21. The normalized spacial score (nSPS) is 29.6. The summed E-state index contributed by atoms with van der Waals surface area (Å²) in [7, 11) is 0. The Labute approximate surface area is 108 Å². The van der Waals surface area contributed by atoms with Crippen molar-refractivity contribution in [2.75, 3.05) is 6.54 Å². The zero-order chi connectivity index (χ0) is 13.8. The zero-order valence-corrected chi connectivity index (χ0v) is 11.2. The molecule has 0 saturated heterocycles. The lowest BCUT2D eigenvalue weighted by Gasteiger charge is -2.37. The number of aliphatic carboxylic acids is 1. The maximum absolute atomic E-state index is 12.3. The number of carbonyl (C=O) groups excluding carboxylic acids is 1. The summed E-state index contributed by atoms with van der Waals surface area (Å²) < 4.78 is 0. The van der Waals surface area contributed by atoms with Gasteiger partial charge in [-0.2, -0.15) is 0 Å². The van der Waals surface area contributed by atoms with Crippen molar-refractivity contribution in [2.45, 2.75) is 52.0 Å². The van der Waals surface area contributed by atoms with Gasteiger partial charge in [0.15, 0.2) is 0 Å². The Morgan fingerprint density at radius 2 is 2.00 bits per heavy atom. The van der Waals surface area contributed by atoms with Gasteiger partial charge in [-0.3, -0.25) is 4.79 Å². The molecule has 1 fully saturated rings. The number of nitrogens with one attached hydrogen (secondary N) is 1. The molecule has 0 aromatic rings. The van der Waals surface area contributed by atoms with E-state index in [0.29, 0.717) is 18.9 Å². The number of hydrogen-bond donors (Lipinski definition) is 3. The number of rotatable bonds is 5. The fourth-order valence-corrected chi connectivity index (χ4v) is 2.49. The summed E-state index contributed by atoms with van der Waals surface area (Å²) in [6.07, 6.45) is 3.86.